The molecule has 3 aromatic rings. The van der Waals surface area contributed by atoms with Gasteiger partial charge >= 0.3 is 0 Å². The van der Waals surface area contributed by atoms with E-state index >= 15 is 0 Å². The summed E-state index contributed by atoms with van der Waals surface area (Å²) >= 11 is 0. The fourth-order valence-electron chi connectivity index (χ4n) is 3.04. The van der Waals surface area contributed by atoms with Crippen molar-refractivity contribution < 1.29 is 28.7 Å². The average Bonchev–Trinajstić information content (AvgIpc) is 2.88. The van der Waals surface area contributed by atoms with Gasteiger partial charge in [-0.25, -0.2) is 5.43 Å². The minimum atomic E-state index is -0.450. The van der Waals surface area contributed by atoms with Gasteiger partial charge in [0.25, 0.3) is 11.6 Å². The Morgan fingerprint density at radius 2 is 1.66 bits per heavy atom. The fourth-order valence-corrected chi connectivity index (χ4v) is 3.04. The van der Waals surface area contributed by atoms with E-state index in [2.05, 4.69) is 10.5 Å². The zero-order valence-corrected chi connectivity index (χ0v) is 19.5. The molecule has 35 heavy (non-hydrogen) atoms. The molecule has 0 fully saturated rings. The molecule has 0 heterocycles. The maximum Gasteiger partial charge on any atom is 0.271 e. The van der Waals surface area contributed by atoms with Crippen molar-refractivity contribution in [2.45, 2.75) is 13.5 Å². The third-order valence-electron chi connectivity index (χ3n) is 4.80. The van der Waals surface area contributed by atoms with Crippen LogP contribution in [0.15, 0.2) is 65.8 Å². The van der Waals surface area contributed by atoms with E-state index in [4.69, 9.17) is 18.9 Å². The molecule has 3 rings (SSSR count). The number of ether oxygens (including phenoxy) is 4. The van der Waals surface area contributed by atoms with E-state index in [1.165, 1.54) is 32.6 Å². The van der Waals surface area contributed by atoms with Crippen LogP contribution in [-0.2, 0) is 6.61 Å². The van der Waals surface area contributed by atoms with Crippen LogP contribution in [0.25, 0.3) is 0 Å². The summed E-state index contributed by atoms with van der Waals surface area (Å²) in [6.07, 6.45) is 1.48. The maximum absolute atomic E-state index is 12.5. The van der Waals surface area contributed by atoms with Crippen molar-refractivity contribution >= 4 is 17.8 Å². The van der Waals surface area contributed by atoms with Gasteiger partial charge in [0.15, 0.2) is 11.5 Å². The number of nitro groups is 1. The van der Waals surface area contributed by atoms with Crippen molar-refractivity contribution in [3.8, 4) is 23.0 Å². The van der Waals surface area contributed by atoms with E-state index < -0.39 is 10.8 Å². The second kappa shape index (κ2) is 12.0. The van der Waals surface area contributed by atoms with Crippen molar-refractivity contribution in [1.82, 2.24) is 5.43 Å². The number of methoxy groups -OCH3 is 2. The molecule has 0 bridgehead atoms. The first-order valence-electron chi connectivity index (χ1n) is 10.6. The minimum absolute atomic E-state index is 0.0185. The smallest absolute Gasteiger partial charge is 0.271 e. The molecule has 0 atom stereocenters. The van der Waals surface area contributed by atoms with Gasteiger partial charge in [-0.2, -0.15) is 5.10 Å². The Morgan fingerprint density at radius 1 is 0.971 bits per heavy atom. The van der Waals surface area contributed by atoms with Crippen molar-refractivity contribution in [2.24, 2.45) is 5.10 Å². The summed E-state index contributed by atoms with van der Waals surface area (Å²) in [5, 5.41) is 14.8. The number of nitrogens with zero attached hydrogens (tertiary/aromatic N) is 2. The van der Waals surface area contributed by atoms with Gasteiger partial charge in [0.1, 0.15) is 18.1 Å². The van der Waals surface area contributed by atoms with Gasteiger partial charge in [-0.15, -0.1) is 0 Å². The first-order chi connectivity index (χ1) is 16.9. The van der Waals surface area contributed by atoms with Crippen LogP contribution in [0.3, 0.4) is 0 Å². The van der Waals surface area contributed by atoms with Crippen LogP contribution in [0, 0.1) is 10.1 Å². The molecule has 0 saturated heterocycles. The normalized spacial score (nSPS) is 10.6. The van der Waals surface area contributed by atoms with Gasteiger partial charge in [0.05, 0.1) is 32.0 Å². The number of rotatable bonds is 11. The van der Waals surface area contributed by atoms with Gasteiger partial charge in [-0.05, 0) is 60.5 Å². The highest BCUT2D eigenvalue weighted by molar-refractivity contribution is 5.95. The van der Waals surface area contributed by atoms with Crippen molar-refractivity contribution in [2.75, 3.05) is 20.8 Å². The van der Waals surface area contributed by atoms with Gasteiger partial charge in [-0.1, -0.05) is 0 Å². The third-order valence-corrected chi connectivity index (χ3v) is 4.80. The maximum atomic E-state index is 12.5. The van der Waals surface area contributed by atoms with E-state index in [1.807, 2.05) is 6.92 Å². The standard InChI is InChI=1S/C25H25N3O7/c1-4-34-24-11-18(7-10-23(24)35-16-17-5-8-20(9-6-17)28(30)31)15-26-27-25(29)19-12-21(32-2)14-22(13-19)33-3/h5-15H,4,16H2,1-3H3,(H,27,29). The molecule has 10 heteroatoms. The summed E-state index contributed by atoms with van der Waals surface area (Å²) < 4.78 is 21.9. The topological polar surface area (TPSA) is 122 Å². The van der Waals surface area contributed by atoms with Crippen LogP contribution in [0.4, 0.5) is 5.69 Å². The molecule has 0 radical (unpaired) electrons. The monoisotopic (exact) mass is 479 g/mol. The molecule has 1 amide bonds. The molecule has 10 nitrogen and oxygen atoms in total. The number of carbonyl (C=O) groups excluding carboxylic acids is 1. The first-order valence-corrected chi connectivity index (χ1v) is 10.6. The average molecular weight is 479 g/mol. The second-order valence-electron chi connectivity index (χ2n) is 7.15. The summed E-state index contributed by atoms with van der Waals surface area (Å²) in [4.78, 5) is 22.8. The molecule has 0 aliphatic heterocycles. The van der Waals surface area contributed by atoms with Gasteiger partial charge in [0, 0.05) is 23.8 Å². The van der Waals surface area contributed by atoms with E-state index in [9.17, 15) is 14.9 Å². The number of carbonyl (C=O) groups is 1. The van der Waals surface area contributed by atoms with Crippen LogP contribution in [0.2, 0.25) is 0 Å². The highest BCUT2D eigenvalue weighted by atomic mass is 16.6. The molecule has 0 aliphatic rings. The van der Waals surface area contributed by atoms with E-state index in [1.54, 1.807) is 48.5 Å². The Balaban J connectivity index is 1.66. The molecule has 0 aromatic heterocycles. The number of amides is 1. The molecule has 1 N–H and O–H groups in total. The van der Waals surface area contributed by atoms with Crippen molar-refractivity contribution in [3.05, 3.63) is 87.5 Å². The predicted octanol–water partition coefficient (Wildman–Crippen LogP) is 4.35. The van der Waals surface area contributed by atoms with Crippen LogP contribution in [0.5, 0.6) is 23.0 Å². The molecule has 0 spiro atoms. The zero-order chi connectivity index (χ0) is 25.2. The largest absolute Gasteiger partial charge is 0.497 e. The number of hydrogen-bond acceptors (Lipinski definition) is 8. The Bertz CT molecular complexity index is 1190. The Hall–Kier alpha value is -4.60. The van der Waals surface area contributed by atoms with Gasteiger partial charge in [0.2, 0.25) is 0 Å². The lowest BCUT2D eigenvalue weighted by Crippen LogP contribution is -2.17. The van der Waals surface area contributed by atoms with Gasteiger partial charge in [-0.3, -0.25) is 14.9 Å². The number of non-ortho nitro benzene ring substituents is 1. The molecule has 0 aliphatic carbocycles. The molecule has 3 aromatic carbocycles. The summed E-state index contributed by atoms with van der Waals surface area (Å²) in [5.41, 5.74) is 4.29. The predicted molar refractivity (Wildman–Crippen MR) is 130 cm³/mol. The lowest BCUT2D eigenvalue weighted by atomic mass is 10.2. The second-order valence-corrected chi connectivity index (χ2v) is 7.15. The molecule has 0 saturated carbocycles. The van der Waals surface area contributed by atoms with Crippen LogP contribution < -0.4 is 24.4 Å². The fraction of sp³-hybridized carbons (Fsp3) is 0.200. The van der Waals surface area contributed by atoms with E-state index in [0.717, 1.165) is 5.56 Å². The number of benzene rings is 3. The summed E-state index contributed by atoms with van der Waals surface area (Å²) in [6, 6.07) is 16.2. The molecular weight excluding hydrogens is 454 g/mol. The SMILES string of the molecule is CCOc1cc(C=NNC(=O)c2cc(OC)cc(OC)c2)ccc1OCc1ccc([N+](=O)[O-])cc1. The minimum Gasteiger partial charge on any atom is -0.497 e. The number of hydrogen-bond donors (Lipinski definition) is 1. The lowest BCUT2D eigenvalue weighted by molar-refractivity contribution is -0.384. The van der Waals surface area contributed by atoms with Crippen molar-refractivity contribution in [1.29, 1.82) is 0 Å². The highest BCUT2D eigenvalue weighted by Crippen LogP contribution is 2.29. The number of hydrazone groups is 1. The molecule has 182 valence electrons. The van der Waals surface area contributed by atoms with E-state index in [-0.39, 0.29) is 12.3 Å². The number of nitrogens with one attached hydrogen (secondary N) is 1. The highest BCUT2D eigenvalue weighted by Gasteiger charge is 2.10. The Labute approximate surface area is 202 Å². The molecular formula is C25H25N3O7. The Morgan fingerprint density at radius 3 is 2.26 bits per heavy atom. The summed E-state index contributed by atoms with van der Waals surface area (Å²) in [6.45, 7) is 2.48. The quantitative estimate of drug-likeness (QED) is 0.246. The molecule has 0 unspecified atom stereocenters. The van der Waals surface area contributed by atoms with Crippen LogP contribution >= 0.6 is 0 Å². The zero-order valence-electron chi connectivity index (χ0n) is 19.5. The third kappa shape index (κ3) is 6.94. The van der Waals surface area contributed by atoms with E-state index in [0.29, 0.717) is 40.7 Å². The van der Waals surface area contributed by atoms with Crippen molar-refractivity contribution in [3.63, 3.8) is 0 Å². The lowest BCUT2D eigenvalue weighted by Gasteiger charge is -2.12. The number of nitro benzene ring substituents is 1. The van der Waals surface area contributed by atoms with Crippen LogP contribution in [-0.4, -0.2) is 37.9 Å². The van der Waals surface area contributed by atoms with Crippen LogP contribution in [0.1, 0.15) is 28.4 Å². The summed E-state index contributed by atoms with van der Waals surface area (Å²) in [5.74, 6) is 1.57. The van der Waals surface area contributed by atoms with Gasteiger partial charge < -0.3 is 18.9 Å². The summed E-state index contributed by atoms with van der Waals surface area (Å²) in [7, 11) is 3.01. The Kier molecular flexibility index (Phi) is 8.60. The first kappa shape index (κ1) is 25.0.